The highest BCUT2D eigenvalue weighted by Crippen LogP contribution is 2.15. The Labute approximate surface area is 159 Å². The maximum Gasteiger partial charge on any atom is 0.287 e. The third kappa shape index (κ3) is 5.68. The summed E-state index contributed by atoms with van der Waals surface area (Å²) in [7, 11) is -3.59. The zero-order valence-corrected chi connectivity index (χ0v) is 16.5. The smallest absolute Gasteiger partial charge is 0.287 e. The van der Waals surface area contributed by atoms with Gasteiger partial charge in [-0.15, -0.1) is 0 Å². The third-order valence-electron chi connectivity index (χ3n) is 3.05. The number of hydrogen-bond donors (Lipinski definition) is 3. The molecule has 0 aliphatic rings. The van der Waals surface area contributed by atoms with Crippen LogP contribution in [0, 0.1) is 0 Å². The molecule has 10 heteroatoms. The summed E-state index contributed by atoms with van der Waals surface area (Å²) in [5.41, 5.74) is 0.411. The summed E-state index contributed by atoms with van der Waals surface area (Å²) in [6.07, 6.45) is 0. The molecule has 0 atom stereocenters. The average molecular weight is 444 g/mol. The van der Waals surface area contributed by atoms with Gasteiger partial charge in [0, 0.05) is 11.7 Å². The number of amides is 2. The highest BCUT2D eigenvalue weighted by Gasteiger charge is 2.15. The Morgan fingerprint density at radius 2 is 1.77 bits per heavy atom. The van der Waals surface area contributed by atoms with Gasteiger partial charge in [-0.2, -0.15) is 0 Å². The minimum absolute atomic E-state index is 0.0805. The van der Waals surface area contributed by atoms with Gasteiger partial charge in [0.05, 0.1) is 11.4 Å². The molecule has 2 rings (SSSR count). The van der Waals surface area contributed by atoms with Gasteiger partial charge in [-0.1, -0.05) is 0 Å². The first kappa shape index (κ1) is 20.1. The number of carbonyl (C=O) groups excluding carboxylic acids is 2. The van der Waals surface area contributed by atoms with Crippen molar-refractivity contribution >= 4 is 43.5 Å². The Morgan fingerprint density at radius 1 is 1.12 bits per heavy atom. The molecule has 0 fully saturated rings. The van der Waals surface area contributed by atoms with E-state index in [-0.39, 0.29) is 23.2 Å². The van der Waals surface area contributed by atoms with E-state index in [1.807, 2.05) is 0 Å². The second-order valence-electron chi connectivity index (χ2n) is 5.63. The number of sulfonamides is 1. The first-order valence-corrected chi connectivity index (χ1v) is 9.91. The first-order valence-electron chi connectivity index (χ1n) is 7.63. The fourth-order valence-corrected chi connectivity index (χ4v) is 3.54. The molecule has 0 aliphatic carbocycles. The molecule has 26 heavy (non-hydrogen) atoms. The first-order chi connectivity index (χ1) is 12.2. The molecule has 1 heterocycles. The van der Waals surface area contributed by atoms with Crippen molar-refractivity contribution in [3.63, 3.8) is 0 Å². The van der Waals surface area contributed by atoms with E-state index in [1.165, 1.54) is 30.3 Å². The molecule has 0 bridgehead atoms. The molecule has 2 amide bonds. The highest BCUT2D eigenvalue weighted by molar-refractivity contribution is 9.10. The number of rotatable bonds is 7. The largest absolute Gasteiger partial charge is 0.444 e. The Balaban J connectivity index is 1.90. The average Bonchev–Trinajstić information content (AvgIpc) is 2.98. The minimum Gasteiger partial charge on any atom is -0.444 e. The van der Waals surface area contributed by atoms with Crippen molar-refractivity contribution in [2.24, 2.45) is 0 Å². The monoisotopic (exact) mass is 443 g/mol. The van der Waals surface area contributed by atoms with Gasteiger partial charge in [-0.25, -0.2) is 13.1 Å². The van der Waals surface area contributed by atoms with Gasteiger partial charge >= 0.3 is 0 Å². The van der Waals surface area contributed by atoms with Crippen molar-refractivity contribution in [2.75, 3.05) is 11.9 Å². The molecule has 1 aromatic heterocycles. The Kier molecular flexibility index (Phi) is 6.57. The molecular weight excluding hydrogens is 426 g/mol. The molecule has 0 aliphatic heterocycles. The van der Waals surface area contributed by atoms with Crippen LogP contribution in [0.15, 0.2) is 50.4 Å². The van der Waals surface area contributed by atoms with Crippen LogP contribution < -0.4 is 15.4 Å². The van der Waals surface area contributed by atoms with Gasteiger partial charge in [0.1, 0.15) is 0 Å². The number of benzene rings is 1. The van der Waals surface area contributed by atoms with E-state index in [2.05, 4.69) is 31.3 Å². The molecule has 8 nitrogen and oxygen atoms in total. The summed E-state index contributed by atoms with van der Waals surface area (Å²) in [6, 6.07) is 8.54. The van der Waals surface area contributed by atoms with Crippen molar-refractivity contribution in [2.45, 2.75) is 24.8 Å². The van der Waals surface area contributed by atoms with Crippen molar-refractivity contribution in [1.82, 2.24) is 10.0 Å². The number of hydrogen-bond acceptors (Lipinski definition) is 5. The number of nitrogens with one attached hydrogen (secondary N) is 3. The van der Waals surface area contributed by atoms with Gasteiger partial charge in [0.2, 0.25) is 15.9 Å². The molecule has 140 valence electrons. The number of halogens is 1. The van der Waals surface area contributed by atoms with Crippen LogP contribution in [0.3, 0.4) is 0 Å². The van der Waals surface area contributed by atoms with Crippen molar-refractivity contribution in [3.8, 4) is 0 Å². The summed E-state index contributed by atoms with van der Waals surface area (Å²) in [5, 5.41) is 4.98. The van der Waals surface area contributed by atoms with Crippen molar-refractivity contribution < 1.29 is 22.4 Å². The Bertz CT molecular complexity index is 891. The molecule has 0 radical (unpaired) electrons. The minimum atomic E-state index is -3.59. The van der Waals surface area contributed by atoms with Crippen LogP contribution in [0.25, 0.3) is 0 Å². The Morgan fingerprint density at radius 3 is 2.31 bits per heavy atom. The second-order valence-corrected chi connectivity index (χ2v) is 8.13. The lowest BCUT2D eigenvalue weighted by Crippen LogP contribution is -2.32. The molecule has 0 spiro atoms. The quantitative estimate of drug-likeness (QED) is 0.605. The number of anilines is 1. The maximum absolute atomic E-state index is 12.0. The van der Waals surface area contributed by atoms with Crippen LogP contribution in [-0.2, 0) is 14.8 Å². The fourth-order valence-electron chi connectivity index (χ4n) is 1.98. The van der Waals surface area contributed by atoms with Gasteiger partial charge < -0.3 is 15.1 Å². The number of furan rings is 1. The molecule has 0 unspecified atom stereocenters. The zero-order valence-electron chi connectivity index (χ0n) is 14.1. The van der Waals surface area contributed by atoms with Gasteiger partial charge in [-0.3, -0.25) is 9.59 Å². The summed E-state index contributed by atoms with van der Waals surface area (Å²) in [5.74, 6) is -0.899. The maximum atomic E-state index is 12.0. The van der Waals surface area contributed by atoms with E-state index in [9.17, 15) is 18.0 Å². The van der Waals surface area contributed by atoms with Crippen molar-refractivity contribution in [3.05, 3.63) is 46.8 Å². The second kappa shape index (κ2) is 8.47. The van der Waals surface area contributed by atoms with Crippen LogP contribution in [-0.4, -0.2) is 32.8 Å². The summed E-state index contributed by atoms with van der Waals surface area (Å²) in [4.78, 5) is 23.8. The zero-order chi connectivity index (χ0) is 19.3. The standard InChI is InChI=1S/C16H18BrN3O5S/c1-10(2)20-26(23,24)12-5-3-11(4-6-12)19-15(21)9-18-16(22)13-7-8-14(17)25-13/h3-8,10,20H,9H2,1-2H3,(H,18,22)(H,19,21). The molecule has 0 saturated heterocycles. The summed E-state index contributed by atoms with van der Waals surface area (Å²) in [6.45, 7) is 3.19. The molecule has 0 saturated carbocycles. The van der Waals surface area contributed by atoms with E-state index in [1.54, 1.807) is 19.9 Å². The van der Waals surface area contributed by atoms with Crippen LogP contribution >= 0.6 is 15.9 Å². The lowest BCUT2D eigenvalue weighted by Gasteiger charge is -2.10. The van der Waals surface area contributed by atoms with Gasteiger partial charge in [0.15, 0.2) is 10.4 Å². The van der Waals surface area contributed by atoms with Crippen LogP contribution in [0.1, 0.15) is 24.4 Å². The summed E-state index contributed by atoms with van der Waals surface area (Å²) >= 11 is 3.08. The highest BCUT2D eigenvalue weighted by atomic mass is 79.9. The van der Waals surface area contributed by atoms with E-state index in [4.69, 9.17) is 4.42 Å². The normalized spacial score (nSPS) is 11.4. The van der Waals surface area contributed by atoms with E-state index >= 15 is 0 Å². The predicted octanol–water partition coefficient (Wildman–Crippen LogP) is 2.10. The lowest BCUT2D eigenvalue weighted by molar-refractivity contribution is -0.115. The van der Waals surface area contributed by atoms with E-state index in [0.29, 0.717) is 10.4 Å². The Hall–Kier alpha value is -2.17. The number of carbonyl (C=O) groups is 2. The summed E-state index contributed by atoms with van der Waals surface area (Å²) < 4.78 is 32.0. The van der Waals surface area contributed by atoms with Crippen LogP contribution in [0.4, 0.5) is 5.69 Å². The molecule has 1 aromatic carbocycles. The van der Waals surface area contributed by atoms with Gasteiger partial charge in [-0.05, 0) is 66.2 Å². The fraction of sp³-hybridized carbons (Fsp3) is 0.250. The topological polar surface area (TPSA) is 118 Å². The van der Waals surface area contributed by atoms with Crippen LogP contribution in [0.2, 0.25) is 0 Å². The molecule has 2 aromatic rings. The SMILES string of the molecule is CC(C)NS(=O)(=O)c1ccc(NC(=O)CNC(=O)c2ccc(Br)o2)cc1. The van der Waals surface area contributed by atoms with Crippen molar-refractivity contribution in [1.29, 1.82) is 0 Å². The van der Waals surface area contributed by atoms with Gasteiger partial charge in [0.25, 0.3) is 5.91 Å². The molecular formula is C16H18BrN3O5S. The van der Waals surface area contributed by atoms with E-state index in [0.717, 1.165) is 0 Å². The third-order valence-corrected chi connectivity index (χ3v) is 5.15. The van der Waals surface area contributed by atoms with Crippen LogP contribution in [0.5, 0.6) is 0 Å². The van der Waals surface area contributed by atoms with E-state index < -0.39 is 21.8 Å². The predicted molar refractivity (Wildman–Crippen MR) is 99.3 cm³/mol. The molecule has 3 N–H and O–H groups in total. The lowest BCUT2D eigenvalue weighted by atomic mass is 10.3.